The van der Waals surface area contributed by atoms with Crippen LogP contribution in [0, 0.1) is 6.92 Å². The van der Waals surface area contributed by atoms with E-state index >= 15 is 0 Å². The van der Waals surface area contributed by atoms with Gasteiger partial charge in [-0.3, -0.25) is 0 Å². The van der Waals surface area contributed by atoms with Crippen molar-refractivity contribution in [3.05, 3.63) is 28.2 Å². The number of hydrogen-bond acceptors (Lipinski definition) is 3. The summed E-state index contributed by atoms with van der Waals surface area (Å²) in [6, 6.07) is 5.97. The van der Waals surface area contributed by atoms with E-state index in [1.54, 1.807) is 0 Å². The summed E-state index contributed by atoms with van der Waals surface area (Å²) in [6.07, 6.45) is 0. The first kappa shape index (κ1) is 10.1. The number of halogens is 1. The normalized spacial score (nSPS) is 10.2. The first-order valence-corrected chi connectivity index (χ1v) is 4.91. The van der Waals surface area contributed by atoms with Gasteiger partial charge in [-0.2, -0.15) is 4.33 Å². The zero-order chi connectivity index (χ0) is 8.97. The number of rotatable bonds is 3. The standard InChI is InChI=1S/C8H9BrO2S/c1-6-5-7(9)3-4-8(6)12-11-10-2/h3-5H,1-2H3. The highest BCUT2D eigenvalue weighted by atomic mass is 79.9. The average Bonchev–Trinajstić information content (AvgIpc) is 2.03. The molecule has 0 amide bonds. The van der Waals surface area contributed by atoms with Gasteiger partial charge < -0.3 is 0 Å². The molecule has 0 heterocycles. The van der Waals surface area contributed by atoms with Gasteiger partial charge in [0, 0.05) is 9.37 Å². The summed E-state index contributed by atoms with van der Waals surface area (Å²) in [7, 11) is 1.49. The van der Waals surface area contributed by atoms with Crippen LogP contribution in [0.25, 0.3) is 0 Å². The molecule has 0 aliphatic carbocycles. The van der Waals surface area contributed by atoms with Gasteiger partial charge >= 0.3 is 0 Å². The van der Waals surface area contributed by atoms with Gasteiger partial charge in [-0.05, 0) is 30.7 Å². The minimum atomic E-state index is 1.06. The zero-order valence-electron chi connectivity index (χ0n) is 6.83. The average molecular weight is 249 g/mol. The van der Waals surface area contributed by atoms with Crippen LogP contribution in [0.4, 0.5) is 0 Å². The second kappa shape index (κ2) is 4.87. The Hall–Kier alpha value is -0.0300. The molecular formula is C8H9BrO2S. The first-order chi connectivity index (χ1) is 5.74. The summed E-state index contributed by atoms with van der Waals surface area (Å²) >= 11 is 4.60. The molecule has 1 rings (SSSR count). The fraction of sp³-hybridized carbons (Fsp3) is 0.250. The molecule has 1 aromatic rings. The number of aryl methyl sites for hydroxylation is 1. The first-order valence-electron chi connectivity index (χ1n) is 3.37. The maximum absolute atomic E-state index is 4.74. The van der Waals surface area contributed by atoms with Crippen LogP contribution < -0.4 is 0 Å². The van der Waals surface area contributed by atoms with Crippen LogP contribution >= 0.6 is 28.0 Å². The predicted octanol–water partition coefficient (Wildman–Crippen LogP) is 3.34. The van der Waals surface area contributed by atoms with Crippen LogP contribution in [0.15, 0.2) is 27.6 Å². The molecule has 0 aliphatic rings. The Morgan fingerprint density at radius 1 is 1.42 bits per heavy atom. The molecule has 0 spiro atoms. The summed E-state index contributed by atoms with van der Waals surface area (Å²) in [5.74, 6) is 0. The van der Waals surface area contributed by atoms with Crippen LogP contribution in [0.1, 0.15) is 5.56 Å². The van der Waals surface area contributed by atoms with Crippen LogP contribution in [0.2, 0.25) is 0 Å². The second-order valence-corrected chi connectivity index (χ2v) is 3.89. The Morgan fingerprint density at radius 3 is 2.75 bits per heavy atom. The largest absolute Gasteiger partial charge is 0.227 e. The van der Waals surface area contributed by atoms with Crippen molar-refractivity contribution >= 4 is 28.0 Å². The van der Waals surface area contributed by atoms with Crippen LogP contribution in [0.3, 0.4) is 0 Å². The second-order valence-electron chi connectivity index (χ2n) is 2.23. The lowest BCUT2D eigenvalue weighted by Gasteiger charge is -2.02. The maximum atomic E-state index is 4.74. The minimum Gasteiger partial charge on any atom is -0.227 e. The van der Waals surface area contributed by atoms with Crippen molar-refractivity contribution in [1.29, 1.82) is 0 Å². The van der Waals surface area contributed by atoms with E-state index < -0.39 is 0 Å². The summed E-state index contributed by atoms with van der Waals surface area (Å²) in [6.45, 7) is 2.02. The molecule has 0 radical (unpaired) electrons. The fourth-order valence-electron chi connectivity index (χ4n) is 0.777. The monoisotopic (exact) mass is 248 g/mol. The third-order valence-electron chi connectivity index (χ3n) is 1.33. The van der Waals surface area contributed by atoms with Crippen molar-refractivity contribution in [2.75, 3.05) is 7.11 Å². The molecule has 0 bridgehead atoms. The summed E-state index contributed by atoms with van der Waals surface area (Å²) in [5.41, 5.74) is 1.16. The van der Waals surface area contributed by atoms with E-state index in [0.717, 1.165) is 14.9 Å². The lowest BCUT2D eigenvalue weighted by molar-refractivity contribution is -0.160. The Balaban J connectivity index is 2.72. The lowest BCUT2D eigenvalue weighted by atomic mass is 10.2. The predicted molar refractivity (Wildman–Crippen MR) is 52.8 cm³/mol. The van der Waals surface area contributed by atoms with E-state index in [0.29, 0.717) is 0 Å². The SMILES string of the molecule is COOSc1ccc(Br)cc1C. The molecule has 4 heteroatoms. The third-order valence-corrected chi connectivity index (χ3v) is 2.66. The molecular weight excluding hydrogens is 240 g/mol. The van der Waals surface area contributed by atoms with E-state index in [4.69, 9.17) is 4.33 Å². The molecule has 0 saturated heterocycles. The van der Waals surface area contributed by atoms with Crippen molar-refractivity contribution in [2.45, 2.75) is 11.8 Å². The fourth-order valence-corrected chi connectivity index (χ4v) is 1.71. The van der Waals surface area contributed by atoms with Gasteiger partial charge in [0.2, 0.25) is 0 Å². The molecule has 0 N–H and O–H groups in total. The van der Waals surface area contributed by atoms with Gasteiger partial charge in [0.15, 0.2) is 0 Å². The lowest BCUT2D eigenvalue weighted by Crippen LogP contribution is -1.82. The smallest absolute Gasteiger partial charge is 0.0725 e. The van der Waals surface area contributed by atoms with Gasteiger partial charge in [-0.25, -0.2) is 4.89 Å². The van der Waals surface area contributed by atoms with Crippen molar-refractivity contribution in [3.8, 4) is 0 Å². The Morgan fingerprint density at radius 2 is 2.17 bits per heavy atom. The van der Waals surface area contributed by atoms with Crippen molar-refractivity contribution in [3.63, 3.8) is 0 Å². The Labute approximate surface area is 84.5 Å². The molecule has 12 heavy (non-hydrogen) atoms. The Bertz CT molecular complexity index is 265. The minimum absolute atomic E-state index is 1.06. The van der Waals surface area contributed by atoms with Crippen molar-refractivity contribution in [1.82, 2.24) is 0 Å². The third kappa shape index (κ3) is 2.79. The van der Waals surface area contributed by atoms with Crippen molar-refractivity contribution < 1.29 is 9.22 Å². The van der Waals surface area contributed by atoms with Gasteiger partial charge in [0.05, 0.1) is 19.2 Å². The molecule has 0 aromatic heterocycles. The molecule has 0 aliphatic heterocycles. The van der Waals surface area contributed by atoms with E-state index in [9.17, 15) is 0 Å². The Kier molecular flexibility index (Phi) is 4.08. The van der Waals surface area contributed by atoms with Crippen molar-refractivity contribution in [2.24, 2.45) is 0 Å². The molecule has 1 aromatic carbocycles. The maximum Gasteiger partial charge on any atom is 0.0725 e. The van der Waals surface area contributed by atoms with Crippen LogP contribution in [-0.2, 0) is 9.22 Å². The van der Waals surface area contributed by atoms with E-state index in [1.165, 1.54) is 19.2 Å². The van der Waals surface area contributed by atoms with Gasteiger partial charge in [0.1, 0.15) is 0 Å². The summed E-state index contributed by atoms with van der Waals surface area (Å²) in [5, 5.41) is 0. The summed E-state index contributed by atoms with van der Waals surface area (Å²) in [4.78, 5) is 5.54. The molecule has 0 atom stereocenters. The van der Waals surface area contributed by atoms with Gasteiger partial charge in [-0.1, -0.05) is 15.9 Å². The van der Waals surface area contributed by atoms with E-state index in [1.807, 2.05) is 25.1 Å². The van der Waals surface area contributed by atoms with Gasteiger partial charge in [-0.15, -0.1) is 0 Å². The highest BCUT2D eigenvalue weighted by molar-refractivity contribution is 9.10. The molecule has 0 saturated carbocycles. The zero-order valence-corrected chi connectivity index (χ0v) is 9.24. The highest BCUT2D eigenvalue weighted by Gasteiger charge is 1.99. The molecule has 0 unspecified atom stereocenters. The van der Waals surface area contributed by atoms with Crippen LogP contribution in [0.5, 0.6) is 0 Å². The summed E-state index contributed by atoms with van der Waals surface area (Å²) < 4.78 is 5.81. The highest BCUT2D eigenvalue weighted by Crippen LogP contribution is 2.25. The molecule has 2 nitrogen and oxygen atoms in total. The molecule has 66 valence electrons. The molecule has 0 fully saturated rings. The quantitative estimate of drug-likeness (QED) is 0.465. The van der Waals surface area contributed by atoms with Gasteiger partial charge in [0.25, 0.3) is 0 Å². The topological polar surface area (TPSA) is 18.5 Å². The van der Waals surface area contributed by atoms with E-state index in [2.05, 4.69) is 20.8 Å². The van der Waals surface area contributed by atoms with Crippen LogP contribution in [-0.4, -0.2) is 7.11 Å². The number of benzene rings is 1. The number of hydrogen-bond donors (Lipinski definition) is 0. The van der Waals surface area contributed by atoms with E-state index in [-0.39, 0.29) is 0 Å².